The smallest absolute Gasteiger partial charge is 0.254 e. The van der Waals surface area contributed by atoms with Crippen LogP contribution in [0.5, 0.6) is 0 Å². The molecular formula is C8H13N3O2S2. The van der Waals surface area contributed by atoms with Crippen LogP contribution in [0.4, 0.5) is 0 Å². The van der Waals surface area contributed by atoms with Gasteiger partial charge in [-0.25, -0.2) is 13.4 Å². The molecular weight excluding hydrogens is 234 g/mol. The number of aromatic nitrogens is 1. The van der Waals surface area contributed by atoms with E-state index in [0.29, 0.717) is 17.3 Å². The van der Waals surface area contributed by atoms with Crippen molar-refractivity contribution in [1.29, 1.82) is 0 Å². The first kappa shape index (κ1) is 11.0. The Balaban J connectivity index is 2.27. The Kier molecular flexibility index (Phi) is 2.80. The molecule has 1 aromatic rings. The van der Waals surface area contributed by atoms with Crippen LogP contribution in [0.1, 0.15) is 11.4 Å². The quantitative estimate of drug-likeness (QED) is 0.808. The number of hydrogen-bond donors (Lipinski definition) is 1. The van der Waals surface area contributed by atoms with Crippen molar-refractivity contribution in [2.24, 2.45) is 5.73 Å². The summed E-state index contributed by atoms with van der Waals surface area (Å²) in [6, 6.07) is -0.0335. The molecule has 0 bridgehead atoms. The minimum atomic E-state index is -3.34. The molecule has 0 aromatic carbocycles. The van der Waals surface area contributed by atoms with Gasteiger partial charge in [-0.1, -0.05) is 0 Å². The molecule has 2 N–H and O–H groups in total. The summed E-state index contributed by atoms with van der Waals surface area (Å²) in [7, 11) is -3.34. The number of thiazole rings is 1. The number of nitrogens with zero attached hydrogens (tertiary/aromatic N) is 2. The molecule has 84 valence electrons. The van der Waals surface area contributed by atoms with E-state index in [1.807, 2.05) is 0 Å². The average Bonchev–Trinajstić information content (AvgIpc) is 2.74. The van der Waals surface area contributed by atoms with Crippen molar-refractivity contribution in [1.82, 2.24) is 9.29 Å². The van der Waals surface area contributed by atoms with Crippen LogP contribution in [-0.4, -0.2) is 36.8 Å². The van der Waals surface area contributed by atoms with Crippen molar-refractivity contribution in [2.45, 2.75) is 23.6 Å². The van der Waals surface area contributed by atoms with E-state index in [1.54, 1.807) is 6.92 Å². The minimum absolute atomic E-state index is 0.0335. The lowest BCUT2D eigenvalue weighted by Gasteiger charge is -2.13. The molecule has 1 fully saturated rings. The minimum Gasteiger partial charge on any atom is -0.326 e. The fraction of sp³-hybridized carbons (Fsp3) is 0.625. The highest BCUT2D eigenvalue weighted by Gasteiger charge is 2.32. The van der Waals surface area contributed by atoms with E-state index in [-0.39, 0.29) is 6.04 Å². The Morgan fingerprint density at radius 2 is 2.40 bits per heavy atom. The van der Waals surface area contributed by atoms with Crippen LogP contribution in [0, 0.1) is 6.92 Å². The predicted octanol–water partition coefficient (Wildman–Crippen LogP) is 0.173. The monoisotopic (exact) mass is 247 g/mol. The predicted molar refractivity (Wildman–Crippen MR) is 58.2 cm³/mol. The molecule has 1 unspecified atom stereocenters. The van der Waals surface area contributed by atoms with Gasteiger partial charge in [0.2, 0.25) is 0 Å². The van der Waals surface area contributed by atoms with Crippen LogP contribution < -0.4 is 5.73 Å². The fourth-order valence-corrected chi connectivity index (χ4v) is 4.34. The number of hydrogen-bond acceptors (Lipinski definition) is 5. The lowest BCUT2D eigenvalue weighted by Crippen LogP contribution is -2.31. The van der Waals surface area contributed by atoms with Crippen LogP contribution >= 0.6 is 11.3 Å². The summed E-state index contributed by atoms with van der Waals surface area (Å²) >= 11 is 1.20. The number of aryl methyl sites for hydroxylation is 1. The zero-order valence-electron chi connectivity index (χ0n) is 8.38. The average molecular weight is 247 g/mol. The van der Waals surface area contributed by atoms with Crippen molar-refractivity contribution < 1.29 is 8.42 Å². The molecule has 1 aliphatic heterocycles. The van der Waals surface area contributed by atoms with Crippen LogP contribution in [0.15, 0.2) is 10.4 Å². The third-order valence-electron chi connectivity index (χ3n) is 2.38. The summed E-state index contributed by atoms with van der Waals surface area (Å²) in [5, 5.41) is 0.761. The molecule has 2 rings (SSSR count). The Hall–Kier alpha value is -0.500. The maximum atomic E-state index is 12.0. The van der Waals surface area contributed by atoms with E-state index in [4.69, 9.17) is 5.73 Å². The Bertz CT molecular complexity index is 454. The van der Waals surface area contributed by atoms with Gasteiger partial charge in [0.1, 0.15) is 0 Å². The third-order valence-corrected chi connectivity index (χ3v) is 5.60. The second-order valence-electron chi connectivity index (χ2n) is 3.61. The van der Waals surface area contributed by atoms with Gasteiger partial charge in [-0.2, -0.15) is 4.31 Å². The van der Waals surface area contributed by atoms with Crippen LogP contribution in [-0.2, 0) is 10.0 Å². The van der Waals surface area contributed by atoms with Crippen molar-refractivity contribution in [3.8, 4) is 0 Å². The first-order valence-electron chi connectivity index (χ1n) is 4.68. The van der Waals surface area contributed by atoms with Gasteiger partial charge in [-0.15, -0.1) is 11.3 Å². The van der Waals surface area contributed by atoms with E-state index in [1.165, 1.54) is 21.8 Å². The zero-order valence-corrected chi connectivity index (χ0v) is 10.0. The van der Waals surface area contributed by atoms with Gasteiger partial charge < -0.3 is 5.73 Å². The standard InChI is InChI=1S/C8H13N3O2S2/c1-6-10-4-8(14-6)15(12,13)11-3-2-7(9)5-11/h4,7H,2-3,5,9H2,1H3. The maximum Gasteiger partial charge on any atom is 0.254 e. The van der Waals surface area contributed by atoms with Gasteiger partial charge in [-0.05, 0) is 13.3 Å². The fourth-order valence-electron chi connectivity index (χ4n) is 1.56. The van der Waals surface area contributed by atoms with Crippen LogP contribution in [0.3, 0.4) is 0 Å². The molecule has 7 heteroatoms. The summed E-state index contributed by atoms with van der Waals surface area (Å²) in [5.74, 6) is 0. The van der Waals surface area contributed by atoms with Crippen LogP contribution in [0.25, 0.3) is 0 Å². The molecule has 1 aromatic heterocycles. The topological polar surface area (TPSA) is 76.3 Å². The van der Waals surface area contributed by atoms with E-state index in [2.05, 4.69) is 4.98 Å². The van der Waals surface area contributed by atoms with Gasteiger partial charge >= 0.3 is 0 Å². The Morgan fingerprint density at radius 1 is 1.67 bits per heavy atom. The molecule has 5 nitrogen and oxygen atoms in total. The van der Waals surface area contributed by atoms with E-state index < -0.39 is 10.0 Å². The lowest BCUT2D eigenvalue weighted by molar-refractivity contribution is 0.474. The summed E-state index contributed by atoms with van der Waals surface area (Å²) in [4.78, 5) is 3.95. The third kappa shape index (κ3) is 2.05. The van der Waals surface area contributed by atoms with Gasteiger partial charge in [0, 0.05) is 19.1 Å². The lowest BCUT2D eigenvalue weighted by atomic mass is 10.3. The second kappa shape index (κ2) is 3.82. The molecule has 15 heavy (non-hydrogen) atoms. The van der Waals surface area contributed by atoms with Crippen molar-refractivity contribution in [3.05, 3.63) is 11.2 Å². The van der Waals surface area contributed by atoms with Crippen molar-refractivity contribution in [2.75, 3.05) is 13.1 Å². The number of rotatable bonds is 2. The molecule has 0 radical (unpaired) electrons. The SMILES string of the molecule is Cc1ncc(S(=O)(=O)N2CCC(N)C2)s1. The van der Waals surface area contributed by atoms with Crippen molar-refractivity contribution >= 4 is 21.4 Å². The molecule has 1 aliphatic rings. The van der Waals surface area contributed by atoms with Crippen LogP contribution in [0.2, 0.25) is 0 Å². The summed E-state index contributed by atoms with van der Waals surface area (Å²) in [6.45, 7) is 2.72. The largest absolute Gasteiger partial charge is 0.326 e. The highest BCUT2D eigenvalue weighted by Crippen LogP contribution is 2.24. The molecule has 0 spiro atoms. The first-order valence-corrected chi connectivity index (χ1v) is 6.94. The van der Waals surface area contributed by atoms with E-state index in [0.717, 1.165) is 11.4 Å². The highest BCUT2D eigenvalue weighted by molar-refractivity contribution is 7.91. The number of nitrogens with two attached hydrogens (primary N) is 1. The van der Waals surface area contributed by atoms with Gasteiger partial charge in [0.05, 0.1) is 11.2 Å². The van der Waals surface area contributed by atoms with Gasteiger partial charge in [0.25, 0.3) is 10.0 Å². The van der Waals surface area contributed by atoms with Gasteiger partial charge in [0.15, 0.2) is 4.21 Å². The number of sulfonamides is 1. The summed E-state index contributed by atoms with van der Waals surface area (Å²) < 4.78 is 25.8. The Morgan fingerprint density at radius 3 is 2.87 bits per heavy atom. The molecule has 0 saturated carbocycles. The molecule has 1 saturated heterocycles. The molecule has 1 atom stereocenters. The van der Waals surface area contributed by atoms with Gasteiger partial charge in [-0.3, -0.25) is 0 Å². The summed E-state index contributed by atoms with van der Waals surface area (Å²) in [5.41, 5.74) is 5.69. The molecule has 0 amide bonds. The normalized spacial score (nSPS) is 23.5. The first-order chi connectivity index (χ1) is 7.00. The maximum absolute atomic E-state index is 12.0. The zero-order chi connectivity index (χ0) is 11.1. The molecule has 2 heterocycles. The Labute approximate surface area is 93.0 Å². The van der Waals surface area contributed by atoms with E-state index >= 15 is 0 Å². The molecule has 0 aliphatic carbocycles. The van der Waals surface area contributed by atoms with Crippen molar-refractivity contribution in [3.63, 3.8) is 0 Å². The van der Waals surface area contributed by atoms with E-state index in [9.17, 15) is 8.42 Å². The highest BCUT2D eigenvalue weighted by atomic mass is 32.2. The summed E-state index contributed by atoms with van der Waals surface area (Å²) in [6.07, 6.45) is 2.15. The second-order valence-corrected chi connectivity index (χ2v) is 7.01.